The van der Waals surface area contributed by atoms with Crippen molar-refractivity contribution in [3.8, 4) is 50.2 Å². The van der Waals surface area contributed by atoms with Crippen molar-refractivity contribution in [2.75, 3.05) is 0 Å². The third kappa shape index (κ3) is 6.73. The van der Waals surface area contributed by atoms with Gasteiger partial charge in [-0.15, -0.1) is 37.9 Å². The smallest absolute Gasteiger partial charge is 0.113 e. The van der Waals surface area contributed by atoms with E-state index in [1.165, 1.54) is 0 Å². The lowest BCUT2D eigenvalue weighted by Crippen LogP contribution is -2.55. The minimum atomic E-state index is -2.02. The predicted octanol–water partition coefficient (Wildman–Crippen LogP) is -1.99. The zero-order valence-electron chi connectivity index (χ0n) is 34.5. The second-order valence-corrected chi connectivity index (χ2v) is 16.1. The van der Waals surface area contributed by atoms with Crippen LogP contribution in [0.1, 0.15) is 5.82 Å². The Morgan fingerprint density at radius 2 is 0.828 bits per heavy atom. The first-order valence-electron chi connectivity index (χ1n) is 20.0. The summed E-state index contributed by atoms with van der Waals surface area (Å²) in [6.45, 7) is 0. The molecule has 262 valence electrons. The highest BCUT2D eigenvalue weighted by molar-refractivity contribution is 6.70. The summed E-state index contributed by atoms with van der Waals surface area (Å²) in [6.07, 6.45) is 0. The zero-order valence-corrected chi connectivity index (χ0v) is 34.5. The average molecular weight is 774 g/mol. The van der Waals surface area contributed by atoms with E-state index in [1.54, 1.807) is 0 Å². The number of hydrogen-bond acceptors (Lipinski definition) is 1. The molecule has 0 bridgehead atoms. The third-order valence-corrected chi connectivity index (χ3v) is 12.2. The van der Waals surface area contributed by atoms with Crippen LogP contribution in [0.15, 0.2) is 115 Å². The van der Waals surface area contributed by atoms with Gasteiger partial charge in [-0.1, -0.05) is 118 Å². The molecule has 0 atom stereocenters. The van der Waals surface area contributed by atoms with Crippen LogP contribution in [-0.4, -0.2) is 127 Å². The van der Waals surface area contributed by atoms with E-state index in [0.717, 1.165) is 49.6 Å². The fourth-order valence-electron chi connectivity index (χ4n) is 8.66. The molecule has 9 aromatic rings. The first-order chi connectivity index (χ1) is 30.3. The number of rotatable bonds is 7. The van der Waals surface area contributed by atoms with E-state index in [0.29, 0.717) is 33.2 Å². The number of para-hydroxylation sites is 3. The highest BCUT2D eigenvalue weighted by Crippen LogP contribution is 2.45. The van der Waals surface area contributed by atoms with Crippen molar-refractivity contribution in [3.05, 3.63) is 121 Å². The molecule has 0 unspecified atom stereocenters. The second-order valence-electron chi connectivity index (χ2n) is 16.1. The van der Waals surface area contributed by atoms with Gasteiger partial charge in [0, 0.05) is 5.56 Å². The predicted molar refractivity (Wildman–Crippen MR) is 285 cm³/mol. The van der Waals surface area contributed by atoms with Crippen molar-refractivity contribution in [1.82, 2.24) is 9.55 Å². The Kier molecular flexibility index (Phi) is 11.0. The van der Waals surface area contributed by atoms with Gasteiger partial charge in [0.2, 0.25) is 0 Å². The minimum Gasteiger partial charge on any atom is -0.296 e. The van der Waals surface area contributed by atoms with Crippen molar-refractivity contribution < 1.29 is 0 Å². The monoisotopic (exact) mass is 776 g/mol. The van der Waals surface area contributed by atoms with Gasteiger partial charge in [-0.25, -0.2) is 4.98 Å². The lowest BCUT2D eigenvalue weighted by atomic mass is 9.23. The highest BCUT2D eigenvalue weighted by atomic mass is 15.1. The van der Waals surface area contributed by atoms with Crippen molar-refractivity contribution >= 4 is 205 Å². The van der Waals surface area contributed by atoms with E-state index in [1.807, 2.05) is 120 Å². The molecule has 30 radical (unpaired) electrons. The first kappa shape index (κ1) is 44.0. The van der Waals surface area contributed by atoms with Gasteiger partial charge in [0.05, 0.1) is 56.0 Å². The quantitative estimate of drug-likeness (QED) is 0.136. The van der Waals surface area contributed by atoms with Crippen molar-refractivity contribution in [2.24, 2.45) is 0 Å². The van der Waals surface area contributed by atoms with Gasteiger partial charge in [-0.3, -0.25) is 4.57 Å². The van der Waals surface area contributed by atoms with Crippen LogP contribution in [-0.2, 0) is 5.21 Å². The Labute approximate surface area is 393 Å². The Bertz CT molecular complexity index is 3350. The molecule has 0 fully saturated rings. The second kappa shape index (κ2) is 16.0. The summed E-state index contributed by atoms with van der Waals surface area (Å²) in [5.41, 5.74) is 8.96. The van der Waals surface area contributed by atoms with Gasteiger partial charge < -0.3 is 0 Å². The van der Waals surface area contributed by atoms with E-state index in [9.17, 15) is 0 Å². The molecule has 0 aliphatic carbocycles. The molecule has 1 aromatic heterocycles. The molecule has 9 rings (SSSR count). The molecule has 0 saturated carbocycles. The Morgan fingerprint density at radius 1 is 0.375 bits per heavy atom. The first-order valence-corrected chi connectivity index (χ1v) is 20.0. The Morgan fingerprint density at radius 3 is 1.42 bits per heavy atom. The average Bonchev–Trinajstić information content (AvgIpc) is 3.69. The largest absolute Gasteiger partial charge is 0.296 e. The van der Waals surface area contributed by atoms with E-state index < -0.39 is 10.3 Å². The van der Waals surface area contributed by atoms with E-state index in [4.69, 9.17) is 123 Å². The summed E-state index contributed by atoms with van der Waals surface area (Å²) in [4.78, 5) is 4.78. The molecule has 1 heterocycles. The van der Waals surface area contributed by atoms with Crippen molar-refractivity contribution in [2.45, 2.75) is 10.3 Å². The number of nitrogens with zero attached hydrogens (tertiary/aromatic N) is 2. The minimum absolute atomic E-state index is 0.0915. The lowest BCUT2D eigenvalue weighted by molar-refractivity contribution is 0.757. The number of fused-ring (bicyclic) bond motifs is 3. The van der Waals surface area contributed by atoms with Gasteiger partial charge >= 0.3 is 0 Å². The van der Waals surface area contributed by atoms with E-state index in [2.05, 4.69) is 0 Å². The van der Waals surface area contributed by atoms with Crippen LogP contribution in [0.25, 0.3) is 82.8 Å². The Hall–Kier alpha value is -5.28. The number of hydrogen-bond donors (Lipinski definition) is 0. The van der Waals surface area contributed by atoms with Crippen LogP contribution in [0.5, 0.6) is 0 Å². The van der Waals surface area contributed by atoms with Crippen LogP contribution in [0.2, 0.25) is 5.11 Å². The summed E-state index contributed by atoms with van der Waals surface area (Å²) in [5, 5.41) is -0.775. The molecular weight excluding hydrogens is 755 g/mol. The lowest BCUT2D eigenvalue weighted by Gasteiger charge is -2.41. The van der Waals surface area contributed by atoms with Crippen LogP contribution < -0.4 is 54.6 Å². The fraction of sp³-hybridized carbons (Fsp3) is 0.0426. The van der Waals surface area contributed by atoms with Gasteiger partial charge in [0.1, 0.15) is 84.3 Å². The molecule has 0 saturated heterocycles. The van der Waals surface area contributed by atoms with Crippen LogP contribution >= 0.6 is 0 Å². The van der Waals surface area contributed by atoms with Gasteiger partial charge in [0.15, 0.2) is 0 Å². The Balaban J connectivity index is 1.31. The van der Waals surface area contributed by atoms with Gasteiger partial charge in [-0.05, 0) is 84.8 Å². The molecule has 0 amide bonds. The number of benzene rings is 8. The summed E-state index contributed by atoms with van der Waals surface area (Å²) >= 11 is 0. The van der Waals surface area contributed by atoms with Crippen LogP contribution in [0.4, 0.5) is 0 Å². The van der Waals surface area contributed by atoms with Crippen molar-refractivity contribution in [1.29, 1.82) is 0 Å². The summed E-state index contributed by atoms with van der Waals surface area (Å²) in [7, 11) is 96.7. The maximum absolute atomic E-state index is 6.81. The number of aromatic nitrogens is 2. The molecule has 17 heteroatoms. The van der Waals surface area contributed by atoms with E-state index >= 15 is 0 Å². The number of imidazole rings is 1. The van der Waals surface area contributed by atoms with Crippen molar-refractivity contribution in [3.63, 3.8) is 0 Å². The molecule has 0 aliphatic rings. The molecular formula is C47H19B15N2. The molecule has 64 heavy (non-hydrogen) atoms. The van der Waals surface area contributed by atoms with Crippen LogP contribution in [0.3, 0.4) is 0 Å². The molecule has 0 aliphatic heterocycles. The fourth-order valence-corrected chi connectivity index (χ4v) is 8.66. The summed E-state index contributed by atoms with van der Waals surface area (Å²) in [5.74, 6) is 0.182. The molecule has 2 nitrogen and oxygen atoms in total. The summed E-state index contributed by atoms with van der Waals surface area (Å²) < 4.78 is 1.84. The van der Waals surface area contributed by atoms with Gasteiger partial charge in [-0.2, -0.15) is 0 Å². The normalized spacial score (nSPS) is 12.1. The molecule has 0 spiro atoms. The van der Waals surface area contributed by atoms with Gasteiger partial charge in [0.25, 0.3) is 0 Å². The zero-order chi connectivity index (χ0) is 45.7. The topological polar surface area (TPSA) is 17.8 Å². The SMILES string of the molecule is [B]c1c([B])c([B])c(-c2ccc3c(-c4ccc(-c5ccccc5-n5c(C([B])([B])C([B])([B])[B])nc6ccccc65)cc4)c4ccccc4c(-c4c([B])c([B])c([B])c([B])c4[B])c3c2)c([B])c1[B]. The highest BCUT2D eigenvalue weighted by Gasteiger charge is 2.37. The maximum Gasteiger partial charge on any atom is 0.113 e. The standard InChI is InChI=1S/C47H19B15N2/c48-35-32(36(49)40(53)43(56)39(35)52)22-17-18-26-27(19-22)33(34-37(50)41(54)44(57)42(55)38(34)51)25-9-2-1-8-24(25)31(26)21-15-13-20(14-16-21)23-7-3-5-11-29(23)64-30-12-6-4-10-28(30)63-45(64)46(58,59)47(60,61)62/h1-19H. The maximum atomic E-state index is 6.81. The molecule has 0 N–H and O–H groups in total. The van der Waals surface area contributed by atoms with E-state index in [-0.39, 0.29) is 60.5 Å². The van der Waals surface area contributed by atoms with Crippen LogP contribution in [0, 0.1) is 0 Å². The summed E-state index contributed by atoms with van der Waals surface area (Å²) in [6, 6.07) is 37.2. The third-order valence-electron chi connectivity index (χ3n) is 12.2. The molecule has 8 aromatic carbocycles.